The Morgan fingerprint density at radius 1 is 1.00 bits per heavy atom. The number of amides is 1. The van der Waals surface area contributed by atoms with Crippen LogP contribution in [0.5, 0.6) is 5.75 Å². The second-order valence-corrected chi connectivity index (χ2v) is 10.9. The zero-order valence-electron chi connectivity index (χ0n) is 20.1. The van der Waals surface area contributed by atoms with Crippen LogP contribution in [-0.2, 0) is 24.3 Å². The van der Waals surface area contributed by atoms with Crippen LogP contribution in [-0.4, -0.2) is 72.9 Å². The summed E-state index contributed by atoms with van der Waals surface area (Å²) in [4.78, 5) is 27.5. The highest BCUT2D eigenvalue weighted by Gasteiger charge is 2.45. The number of aliphatic hydroxyl groups is 1. The molecule has 9 nitrogen and oxygen atoms in total. The highest BCUT2D eigenvalue weighted by Crippen LogP contribution is 2.40. The number of carbonyl (C=O) groups excluding carboxylic acids is 2. The first-order chi connectivity index (χ1) is 17.3. The molecule has 10 heteroatoms. The number of nitrogens with zero attached hydrogens (tertiary/aromatic N) is 2. The van der Waals surface area contributed by atoms with Gasteiger partial charge in [-0.2, -0.15) is 4.31 Å². The van der Waals surface area contributed by atoms with Gasteiger partial charge in [0.1, 0.15) is 11.5 Å². The van der Waals surface area contributed by atoms with Crippen molar-refractivity contribution in [3.63, 3.8) is 0 Å². The molecule has 1 amide bonds. The monoisotopic (exact) mass is 514 g/mol. The number of rotatable bonds is 8. The molecule has 0 bridgehead atoms. The van der Waals surface area contributed by atoms with Gasteiger partial charge in [0.15, 0.2) is 0 Å². The van der Waals surface area contributed by atoms with Gasteiger partial charge in [-0.15, -0.1) is 0 Å². The molecule has 0 unspecified atom stereocenters. The summed E-state index contributed by atoms with van der Waals surface area (Å²) in [7, 11) is -2.11. The number of carbonyl (C=O) groups is 2. The first-order valence-corrected chi connectivity index (χ1v) is 13.4. The second kappa shape index (κ2) is 10.8. The molecule has 2 aromatic rings. The van der Waals surface area contributed by atoms with Crippen molar-refractivity contribution in [2.75, 3.05) is 33.4 Å². The molecular formula is C26H30N2O7S. The summed E-state index contributed by atoms with van der Waals surface area (Å²) in [5.41, 5.74) is 0.691. The van der Waals surface area contributed by atoms with E-state index in [1.54, 1.807) is 19.2 Å². The van der Waals surface area contributed by atoms with Crippen LogP contribution in [0.1, 0.15) is 42.9 Å². The minimum absolute atomic E-state index is 0.0283. The Hall–Kier alpha value is -3.21. The molecule has 2 aliphatic rings. The van der Waals surface area contributed by atoms with Crippen molar-refractivity contribution in [3.8, 4) is 5.75 Å². The minimum atomic E-state index is -3.65. The highest BCUT2D eigenvalue weighted by molar-refractivity contribution is 7.89. The van der Waals surface area contributed by atoms with Crippen molar-refractivity contribution in [2.24, 2.45) is 0 Å². The zero-order chi connectivity index (χ0) is 25.9. The number of hydrogen-bond donors (Lipinski definition) is 2. The third-order valence-electron chi connectivity index (χ3n) is 6.58. The van der Waals surface area contributed by atoms with Crippen LogP contribution < -0.4 is 0 Å². The number of methoxy groups -OCH3 is 1. The van der Waals surface area contributed by atoms with Crippen LogP contribution in [0.25, 0.3) is 5.76 Å². The summed E-state index contributed by atoms with van der Waals surface area (Å²) >= 11 is 0. The van der Waals surface area contributed by atoms with E-state index in [0.717, 1.165) is 19.3 Å². The van der Waals surface area contributed by atoms with Crippen LogP contribution in [0, 0.1) is 0 Å². The van der Waals surface area contributed by atoms with E-state index in [4.69, 9.17) is 4.74 Å². The fraction of sp³-hybridized carbons (Fsp3) is 0.385. The molecule has 2 fully saturated rings. The number of phenols is 1. The molecule has 0 saturated carbocycles. The minimum Gasteiger partial charge on any atom is -0.508 e. The van der Waals surface area contributed by atoms with E-state index in [9.17, 15) is 28.2 Å². The van der Waals surface area contributed by atoms with Crippen molar-refractivity contribution >= 4 is 27.5 Å². The summed E-state index contributed by atoms with van der Waals surface area (Å²) < 4.78 is 32.5. The molecule has 2 aromatic carbocycles. The smallest absolute Gasteiger partial charge is 0.295 e. The van der Waals surface area contributed by atoms with E-state index in [-0.39, 0.29) is 34.1 Å². The van der Waals surface area contributed by atoms with Crippen molar-refractivity contribution < 1.29 is 33.0 Å². The Labute approximate surface area is 210 Å². The normalized spacial score (nSPS) is 20.7. The first kappa shape index (κ1) is 25.9. The number of phenolic OH excluding ortho intramolecular Hbond substituents is 1. The number of ketones is 1. The van der Waals surface area contributed by atoms with E-state index >= 15 is 0 Å². The molecule has 2 aliphatic heterocycles. The number of sulfonamides is 1. The van der Waals surface area contributed by atoms with Gasteiger partial charge in [-0.25, -0.2) is 8.42 Å². The molecule has 0 aliphatic carbocycles. The molecule has 4 rings (SSSR count). The molecular weight excluding hydrogens is 484 g/mol. The third-order valence-corrected chi connectivity index (χ3v) is 8.49. The van der Waals surface area contributed by atoms with Crippen molar-refractivity contribution in [3.05, 3.63) is 65.2 Å². The van der Waals surface area contributed by atoms with Crippen LogP contribution in [0.4, 0.5) is 0 Å². The molecule has 36 heavy (non-hydrogen) atoms. The number of hydrogen-bond acceptors (Lipinski definition) is 7. The predicted octanol–water partition coefficient (Wildman–Crippen LogP) is 3.03. The van der Waals surface area contributed by atoms with Gasteiger partial charge in [0, 0.05) is 38.9 Å². The van der Waals surface area contributed by atoms with Gasteiger partial charge in [0.05, 0.1) is 16.5 Å². The van der Waals surface area contributed by atoms with Crippen molar-refractivity contribution in [1.29, 1.82) is 0 Å². The van der Waals surface area contributed by atoms with Gasteiger partial charge in [-0.3, -0.25) is 9.59 Å². The fourth-order valence-corrected chi connectivity index (χ4v) is 6.20. The van der Waals surface area contributed by atoms with Gasteiger partial charge >= 0.3 is 0 Å². The number of aromatic hydroxyl groups is 1. The molecule has 2 heterocycles. The van der Waals surface area contributed by atoms with Crippen LogP contribution in [0.3, 0.4) is 0 Å². The zero-order valence-corrected chi connectivity index (χ0v) is 20.9. The molecule has 2 N–H and O–H groups in total. The lowest BCUT2D eigenvalue weighted by Crippen LogP contribution is -2.35. The summed E-state index contributed by atoms with van der Waals surface area (Å²) in [6.07, 6.45) is 3.13. The quantitative estimate of drug-likeness (QED) is 0.240. The maximum Gasteiger partial charge on any atom is 0.295 e. The SMILES string of the molecule is COCCCN1C(=O)C(=O)C(=C(O)c2ccc(S(=O)(=O)N3CCCCC3)cc2)[C@H]1c1ccc(O)cc1. The van der Waals surface area contributed by atoms with E-state index in [1.165, 1.54) is 45.6 Å². The average Bonchev–Trinajstić information content (AvgIpc) is 3.14. The Kier molecular flexibility index (Phi) is 7.77. The molecule has 0 radical (unpaired) electrons. The standard InChI is InChI=1S/C26H30N2O7S/c1-35-17-5-16-28-23(18-6-10-20(29)11-7-18)22(25(31)26(28)32)24(30)19-8-12-21(13-9-19)36(33,34)27-14-3-2-4-15-27/h6-13,23,29-30H,2-5,14-17H2,1H3/t23-/m1/s1. The van der Waals surface area contributed by atoms with E-state index in [0.29, 0.717) is 31.7 Å². The van der Waals surface area contributed by atoms with Crippen LogP contribution >= 0.6 is 0 Å². The number of ether oxygens (including phenoxy) is 1. The van der Waals surface area contributed by atoms with Crippen molar-refractivity contribution in [2.45, 2.75) is 36.6 Å². The molecule has 192 valence electrons. The number of likely N-dealkylation sites (tertiary alicyclic amines) is 1. The van der Waals surface area contributed by atoms with Gasteiger partial charge in [0.2, 0.25) is 10.0 Å². The van der Waals surface area contributed by atoms with Crippen LogP contribution in [0.2, 0.25) is 0 Å². The Bertz CT molecular complexity index is 1250. The Morgan fingerprint density at radius 3 is 2.25 bits per heavy atom. The van der Waals surface area contributed by atoms with Gasteiger partial charge in [-0.05, 0) is 61.2 Å². The Morgan fingerprint density at radius 2 is 1.64 bits per heavy atom. The van der Waals surface area contributed by atoms with E-state index in [1.807, 2.05) is 0 Å². The second-order valence-electron chi connectivity index (χ2n) is 8.92. The van der Waals surface area contributed by atoms with Crippen molar-refractivity contribution in [1.82, 2.24) is 9.21 Å². The number of aliphatic hydroxyl groups excluding tert-OH is 1. The van der Waals surface area contributed by atoms with Gasteiger partial charge in [-0.1, -0.05) is 18.6 Å². The summed E-state index contributed by atoms with van der Waals surface area (Å²) in [5.74, 6) is -1.92. The van der Waals surface area contributed by atoms with Gasteiger partial charge < -0.3 is 19.8 Å². The maximum atomic E-state index is 13.1. The lowest BCUT2D eigenvalue weighted by atomic mass is 9.95. The molecule has 0 aromatic heterocycles. The summed E-state index contributed by atoms with van der Waals surface area (Å²) in [6, 6.07) is 10.9. The molecule has 0 spiro atoms. The summed E-state index contributed by atoms with van der Waals surface area (Å²) in [6.45, 7) is 1.57. The first-order valence-electron chi connectivity index (χ1n) is 11.9. The van der Waals surface area contributed by atoms with E-state index < -0.39 is 27.8 Å². The molecule has 1 atom stereocenters. The topological polar surface area (TPSA) is 124 Å². The predicted molar refractivity (Wildman–Crippen MR) is 133 cm³/mol. The number of benzene rings is 2. The average molecular weight is 515 g/mol. The number of piperidine rings is 1. The summed E-state index contributed by atoms with van der Waals surface area (Å²) in [5, 5.41) is 20.9. The third kappa shape index (κ3) is 5.02. The largest absolute Gasteiger partial charge is 0.508 e. The van der Waals surface area contributed by atoms with Gasteiger partial charge in [0.25, 0.3) is 11.7 Å². The molecule has 2 saturated heterocycles. The Balaban J connectivity index is 1.71. The lowest BCUT2D eigenvalue weighted by Gasteiger charge is -2.26. The highest BCUT2D eigenvalue weighted by atomic mass is 32.2. The van der Waals surface area contributed by atoms with Crippen LogP contribution in [0.15, 0.2) is 59.0 Å². The lowest BCUT2D eigenvalue weighted by molar-refractivity contribution is -0.140. The number of Topliss-reactive ketones (excluding diaryl/α,β-unsaturated/α-hetero) is 1. The maximum absolute atomic E-state index is 13.1. The fourth-order valence-electron chi connectivity index (χ4n) is 4.69. The van der Waals surface area contributed by atoms with E-state index in [2.05, 4.69) is 0 Å².